The zero-order chi connectivity index (χ0) is 17.4. The molecule has 122 valence electrons. The molecule has 0 spiro atoms. The van der Waals surface area contributed by atoms with Crippen LogP contribution >= 0.6 is 12.2 Å². The fourth-order valence-corrected chi connectivity index (χ4v) is 2.20. The smallest absolute Gasteiger partial charge is 0.191 e. The summed E-state index contributed by atoms with van der Waals surface area (Å²) in [7, 11) is 0. The fourth-order valence-electron chi connectivity index (χ4n) is 2.04. The SMILES string of the molecule is Cc1ccc(NC(=S)N/N=C\c2ccc(OCC#N)cc2)c(C)c1. The number of aryl methyl sites for hydroxylation is 2. The van der Waals surface area contributed by atoms with E-state index in [1.807, 2.05) is 44.2 Å². The first-order chi connectivity index (χ1) is 11.6. The van der Waals surface area contributed by atoms with Crippen LogP contribution in [0.4, 0.5) is 5.69 Å². The molecule has 0 saturated heterocycles. The summed E-state index contributed by atoms with van der Waals surface area (Å²) in [6.07, 6.45) is 1.66. The Kier molecular flexibility index (Phi) is 6.29. The van der Waals surface area contributed by atoms with Crippen molar-refractivity contribution >= 4 is 29.2 Å². The number of hydrogen-bond donors (Lipinski definition) is 2. The lowest BCUT2D eigenvalue weighted by Crippen LogP contribution is -2.24. The zero-order valence-corrected chi connectivity index (χ0v) is 14.4. The third-order valence-corrected chi connectivity index (χ3v) is 3.39. The van der Waals surface area contributed by atoms with Gasteiger partial charge in [0.15, 0.2) is 11.7 Å². The standard InChI is InChI=1S/C18H18N4OS/c1-13-3-8-17(14(2)11-13)21-18(24)22-20-12-15-4-6-16(7-5-15)23-10-9-19/h3-8,11-12H,10H2,1-2H3,(H2,21,22,24)/b20-12-. The molecule has 5 nitrogen and oxygen atoms in total. The predicted octanol–water partition coefficient (Wildman–Crippen LogP) is 3.53. The van der Waals surface area contributed by atoms with E-state index >= 15 is 0 Å². The molecule has 0 bridgehead atoms. The molecule has 0 atom stereocenters. The van der Waals surface area contributed by atoms with E-state index in [1.54, 1.807) is 18.3 Å². The molecule has 0 heterocycles. The van der Waals surface area contributed by atoms with Gasteiger partial charge in [-0.25, -0.2) is 0 Å². The Morgan fingerprint density at radius 1 is 1.25 bits per heavy atom. The van der Waals surface area contributed by atoms with Crippen molar-refractivity contribution in [3.05, 3.63) is 59.2 Å². The minimum Gasteiger partial charge on any atom is -0.479 e. The van der Waals surface area contributed by atoms with Gasteiger partial charge in [0, 0.05) is 5.69 Å². The minimum absolute atomic E-state index is 0.0351. The highest BCUT2D eigenvalue weighted by Crippen LogP contribution is 2.15. The highest BCUT2D eigenvalue weighted by molar-refractivity contribution is 7.80. The maximum atomic E-state index is 8.46. The molecule has 24 heavy (non-hydrogen) atoms. The number of nitriles is 1. The van der Waals surface area contributed by atoms with Gasteiger partial charge in [-0.15, -0.1) is 0 Å². The molecule has 0 fully saturated rings. The van der Waals surface area contributed by atoms with Crippen LogP contribution < -0.4 is 15.5 Å². The molecule has 0 unspecified atom stereocenters. The Hall–Kier alpha value is -2.91. The first-order valence-corrected chi connectivity index (χ1v) is 7.76. The van der Waals surface area contributed by atoms with Crippen molar-refractivity contribution in [3.8, 4) is 11.8 Å². The van der Waals surface area contributed by atoms with Crippen LogP contribution in [0.5, 0.6) is 5.75 Å². The van der Waals surface area contributed by atoms with Gasteiger partial charge in [-0.2, -0.15) is 10.4 Å². The molecule has 0 aliphatic carbocycles. The van der Waals surface area contributed by atoms with E-state index in [9.17, 15) is 0 Å². The van der Waals surface area contributed by atoms with Crippen LogP contribution in [0.2, 0.25) is 0 Å². The highest BCUT2D eigenvalue weighted by atomic mass is 32.1. The molecule has 0 saturated carbocycles. The summed E-state index contributed by atoms with van der Waals surface area (Å²) in [5.74, 6) is 0.647. The van der Waals surface area contributed by atoms with E-state index in [0.717, 1.165) is 16.8 Å². The Balaban J connectivity index is 1.86. The molecule has 0 aliphatic rings. The number of hydrazone groups is 1. The van der Waals surface area contributed by atoms with Crippen molar-refractivity contribution in [2.75, 3.05) is 11.9 Å². The second-order valence-electron chi connectivity index (χ2n) is 5.16. The molecule has 2 rings (SSSR count). The van der Waals surface area contributed by atoms with Gasteiger partial charge in [0.05, 0.1) is 6.21 Å². The number of rotatable bonds is 5. The summed E-state index contributed by atoms with van der Waals surface area (Å²) in [5.41, 5.74) is 6.95. The van der Waals surface area contributed by atoms with Crippen molar-refractivity contribution in [2.24, 2.45) is 5.10 Å². The lowest BCUT2D eigenvalue weighted by Gasteiger charge is -2.10. The van der Waals surface area contributed by atoms with Gasteiger partial charge in [-0.3, -0.25) is 5.43 Å². The van der Waals surface area contributed by atoms with Crippen LogP contribution in [-0.4, -0.2) is 17.9 Å². The number of hydrogen-bond acceptors (Lipinski definition) is 4. The van der Waals surface area contributed by atoms with Gasteiger partial charge in [0.25, 0.3) is 0 Å². The Labute approximate surface area is 147 Å². The average Bonchev–Trinajstić information content (AvgIpc) is 2.57. The second-order valence-corrected chi connectivity index (χ2v) is 5.57. The molecular weight excluding hydrogens is 320 g/mol. The van der Waals surface area contributed by atoms with Crippen LogP contribution in [0.25, 0.3) is 0 Å². The normalized spacial score (nSPS) is 10.2. The molecule has 0 aliphatic heterocycles. The van der Waals surface area contributed by atoms with Gasteiger partial charge < -0.3 is 10.1 Å². The zero-order valence-electron chi connectivity index (χ0n) is 13.5. The number of anilines is 1. The monoisotopic (exact) mass is 338 g/mol. The highest BCUT2D eigenvalue weighted by Gasteiger charge is 2.00. The maximum absolute atomic E-state index is 8.46. The average molecular weight is 338 g/mol. The Morgan fingerprint density at radius 3 is 2.67 bits per heavy atom. The minimum atomic E-state index is 0.0351. The molecule has 2 aromatic carbocycles. The van der Waals surface area contributed by atoms with E-state index in [4.69, 9.17) is 22.2 Å². The largest absolute Gasteiger partial charge is 0.479 e. The maximum Gasteiger partial charge on any atom is 0.191 e. The van der Waals surface area contributed by atoms with E-state index < -0.39 is 0 Å². The van der Waals surface area contributed by atoms with Crippen LogP contribution in [0.15, 0.2) is 47.6 Å². The summed E-state index contributed by atoms with van der Waals surface area (Å²) in [5, 5.41) is 16.1. The first-order valence-electron chi connectivity index (χ1n) is 7.35. The van der Waals surface area contributed by atoms with Gasteiger partial charge in [-0.05, 0) is 67.5 Å². The van der Waals surface area contributed by atoms with E-state index in [2.05, 4.69) is 21.9 Å². The van der Waals surface area contributed by atoms with E-state index in [-0.39, 0.29) is 6.61 Å². The molecule has 0 aromatic heterocycles. The van der Waals surface area contributed by atoms with E-state index in [1.165, 1.54) is 5.56 Å². The molecule has 2 aromatic rings. The van der Waals surface area contributed by atoms with E-state index in [0.29, 0.717) is 10.9 Å². The summed E-state index contributed by atoms with van der Waals surface area (Å²) in [6, 6.07) is 15.3. The van der Waals surface area contributed by atoms with Crippen molar-refractivity contribution in [1.82, 2.24) is 5.43 Å². The Bertz CT molecular complexity index is 779. The molecular formula is C18H18N4OS. The van der Waals surface area contributed by atoms with Gasteiger partial charge in [0.2, 0.25) is 0 Å². The summed E-state index contributed by atoms with van der Waals surface area (Å²) in [6.45, 7) is 4.11. The second kappa shape index (κ2) is 8.65. The molecule has 6 heteroatoms. The molecule has 0 radical (unpaired) electrons. The summed E-state index contributed by atoms with van der Waals surface area (Å²) < 4.78 is 5.19. The number of nitrogens with zero attached hydrogens (tertiary/aromatic N) is 2. The summed E-state index contributed by atoms with van der Waals surface area (Å²) >= 11 is 5.23. The van der Waals surface area contributed by atoms with Crippen LogP contribution in [0.1, 0.15) is 16.7 Å². The van der Waals surface area contributed by atoms with Gasteiger partial charge in [-0.1, -0.05) is 17.7 Å². The first kappa shape index (κ1) is 17.4. The molecule has 0 amide bonds. The molecule has 2 N–H and O–H groups in total. The van der Waals surface area contributed by atoms with Gasteiger partial charge in [0.1, 0.15) is 11.8 Å². The van der Waals surface area contributed by atoms with Crippen LogP contribution in [0.3, 0.4) is 0 Å². The van der Waals surface area contributed by atoms with Crippen LogP contribution in [-0.2, 0) is 0 Å². The van der Waals surface area contributed by atoms with Crippen LogP contribution in [0, 0.1) is 25.2 Å². The summed E-state index contributed by atoms with van der Waals surface area (Å²) in [4.78, 5) is 0. The van der Waals surface area contributed by atoms with Gasteiger partial charge >= 0.3 is 0 Å². The van der Waals surface area contributed by atoms with Crippen molar-refractivity contribution in [2.45, 2.75) is 13.8 Å². The van der Waals surface area contributed by atoms with Crippen molar-refractivity contribution in [3.63, 3.8) is 0 Å². The lowest BCUT2D eigenvalue weighted by molar-refractivity contribution is 0.368. The number of thiocarbonyl (C=S) groups is 1. The fraction of sp³-hybridized carbons (Fsp3) is 0.167. The number of nitrogens with one attached hydrogen (secondary N) is 2. The quantitative estimate of drug-likeness (QED) is 0.496. The Morgan fingerprint density at radius 2 is 2.00 bits per heavy atom. The predicted molar refractivity (Wildman–Crippen MR) is 100 cm³/mol. The van der Waals surface area contributed by atoms with Crippen molar-refractivity contribution in [1.29, 1.82) is 5.26 Å². The number of benzene rings is 2. The van der Waals surface area contributed by atoms with Crippen molar-refractivity contribution < 1.29 is 4.74 Å². The third kappa shape index (κ3) is 5.38. The number of ether oxygens (including phenoxy) is 1. The lowest BCUT2D eigenvalue weighted by atomic mass is 10.1. The third-order valence-electron chi connectivity index (χ3n) is 3.19. The topological polar surface area (TPSA) is 69.4 Å².